The highest BCUT2D eigenvalue weighted by Crippen LogP contribution is 2.30. The van der Waals surface area contributed by atoms with E-state index in [0.717, 1.165) is 71.6 Å². The molecule has 1 fully saturated rings. The van der Waals surface area contributed by atoms with Gasteiger partial charge >= 0.3 is 6.03 Å². The summed E-state index contributed by atoms with van der Waals surface area (Å²) in [7, 11) is 4.11. The van der Waals surface area contributed by atoms with Gasteiger partial charge in [0.2, 0.25) is 5.95 Å². The number of hydrogen-bond donors (Lipinski definition) is 3. The minimum absolute atomic E-state index is 0.131. The number of benzene rings is 1. The maximum atomic E-state index is 12.6. The number of nitrogens with zero attached hydrogens (tertiary/aromatic N) is 3. The van der Waals surface area contributed by atoms with Crippen molar-refractivity contribution in [2.24, 2.45) is 0 Å². The Morgan fingerprint density at radius 3 is 2.30 bits per heavy atom. The fraction of sp³-hybridized carbons (Fsp3) is 0.560. The Bertz CT molecular complexity index is 993. The van der Waals surface area contributed by atoms with Crippen LogP contribution in [0.25, 0.3) is 0 Å². The second-order valence-corrected chi connectivity index (χ2v) is 10.5. The van der Waals surface area contributed by atoms with Crippen molar-refractivity contribution in [3.05, 3.63) is 39.0 Å². The Morgan fingerprint density at radius 1 is 1.00 bits per heavy atom. The molecule has 1 saturated carbocycles. The molecule has 2 aliphatic rings. The lowest BCUT2D eigenvalue weighted by Crippen LogP contribution is -2.42. The summed E-state index contributed by atoms with van der Waals surface area (Å²) in [6, 6.07) is 4.42. The standard InChI is InChI=1S/C25H35BrN6O/c1-15-13-17(26)14-16(2)22(15)30-25(33)28-19-11-9-18(10-12-19)27-24-29-21-8-6-5-7-20(21)23(31-24)32(3)4/h13-14,18-19H,5-12H2,1-4H3,(H,27,29,31)(H2,28,30,33). The molecule has 178 valence electrons. The summed E-state index contributed by atoms with van der Waals surface area (Å²) in [5.74, 6) is 1.79. The lowest BCUT2D eigenvalue weighted by Gasteiger charge is -2.30. The van der Waals surface area contributed by atoms with Crippen molar-refractivity contribution in [3.63, 3.8) is 0 Å². The number of rotatable bonds is 5. The van der Waals surface area contributed by atoms with E-state index in [9.17, 15) is 4.79 Å². The first kappa shape index (κ1) is 23.8. The predicted octanol–water partition coefficient (Wildman–Crippen LogP) is 5.35. The van der Waals surface area contributed by atoms with Crippen LogP contribution < -0.4 is 20.9 Å². The van der Waals surface area contributed by atoms with E-state index >= 15 is 0 Å². The molecule has 33 heavy (non-hydrogen) atoms. The first-order valence-electron chi connectivity index (χ1n) is 12.0. The summed E-state index contributed by atoms with van der Waals surface area (Å²) >= 11 is 3.51. The monoisotopic (exact) mass is 514 g/mol. The highest BCUT2D eigenvalue weighted by molar-refractivity contribution is 9.10. The Balaban J connectivity index is 1.31. The third-order valence-corrected chi connectivity index (χ3v) is 7.17. The van der Waals surface area contributed by atoms with Crippen molar-refractivity contribution < 1.29 is 4.79 Å². The number of aromatic nitrogens is 2. The smallest absolute Gasteiger partial charge is 0.319 e. The molecule has 2 aromatic rings. The molecule has 0 saturated heterocycles. The van der Waals surface area contributed by atoms with E-state index in [-0.39, 0.29) is 12.1 Å². The lowest BCUT2D eigenvalue weighted by atomic mass is 9.91. The summed E-state index contributed by atoms with van der Waals surface area (Å²) in [5, 5.41) is 9.78. The molecule has 1 heterocycles. The molecular weight excluding hydrogens is 480 g/mol. The van der Waals surface area contributed by atoms with Crippen molar-refractivity contribution in [1.82, 2.24) is 15.3 Å². The van der Waals surface area contributed by atoms with Gasteiger partial charge in [0.15, 0.2) is 0 Å². The molecular formula is C25H35BrN6O. The molecule has 0 unspecified atom stereocenters. The van der Waals surface area contributed by atoms with Gasteiger partial charge in [0.25, 0.3) is 0 Å². The average Bonchev–Trinajstić information content (AvgIpc) is 2.77. The van der Waals surface area contributed by atoms with Gasteiger partial charge in [-0.1, -0.05) is 15.9 Å². The van der Waals surface area contributed by atoms with Crippen LogP contribution in [0.1, 0.15) is 60.9 Å². The van der Waals surface area contributed by atoms with Crippen LogP contribution in [0.3, 0.4) is 0 Å². The second-order valence-electron chi connectivity index (χ2n) is 9.60. The van der Waals surface area contributed by atoms with E-state index in [4.69, 9.17) is 9.97 Å². The van der Waals surface area contributed by atoms with E-state index in [0.29, 0.717) is 6.04 Å². The van der Waals surface area contributed by atoms with Crippen LogP contribution in [0, 0.1) is 13.8 Å². The number of halogens is 1. The summed E-state index contributed by atoms with van der Waals surface area (Å²) in [5.41, 5.74) is 5.49. The number of urea groups is 1. The molecule has 1 aromatic carbocycles. The highest BCUT2D eigenvalue weighted by Gasteiger charge is 2.25. The maximum Gasteiger partial charge on any atom is 0.319 e. The molecule has 1 aromatic heterocycles. The second kappa shape index (κ2) is 10.3. The number of nitrogens with one attached hydrogen (secondary N) is 3. The van der Waals surface area contributed by atoms with Crippen molar-refractivity contribution in [2.75, 3.05) is 29.6 Å². The van der Waals surface area contributed by atoms with Crippen LogP contribution in [0.5, 0.6) is 0 Å². The molecule has 0 atom stereocenters. The summed E-state index contributed by atoms with van der Waals surface area (Å²) < 4.78 is 1.02. The molecule has 0 radical (unpaired) electrons. The number of carbonyl (C=O) groups excluding carboxylic acids is 1. The van der Waals surface area contributed by atoms with Gasteiger partial charge in [-0.25, -0.2) is 9.78 Å². The normalized spacial score (nSPS) is 20.0. The van der Waals surface area contributed by atoms with Gasteiger partial charge in [0.1, 0.15) is 5.82 Å². The largest absolute Gasteiger partial charge is 0.362 e. The number of aryl methyl sites for hydroxylation is 3. The van der Waals surface area contributed by atoms with E-state index in [1.807, 2.05) is 26.0 Å². The average molecular weight is 516 g/mol. The van der Waals surface area contributed by atoms with E-state index < -0.39 is 0 Å². The van der Waals surface area contributed by atoms with Crippen molar-refractivity contribution in [2.45, 2.75) is 77.3 Å². The summed E-state index contributed by atoms with van der Waals surface area (Å²) in [6.07, 6.45) is 8.38. The molecule has 4 rings (SSSR count). The Labute approximate surface area is 205 Å². The van der Waals surface area contributed by atoms with Crippen molar-refractivity contribution in [1.29, 1.82) is 0 Å². The fourth-order valence-electron chi connectivity index (χ4n) is 5.02. The molecule has 3 N–H and O–H groups in total. The van der Waals surface area contributed by atoms with Gasteiger partial charge in [0, 0.05) is 41.9 Å². The Kier molecular flexibility index (Phi) is 7.41. The third kappa shape index (κ3) is 5.78. The summed E-state index contributed by atoms with van der Waals surface area (Å²) in [4.78, 5) is 24.4. The van der Waals surface area contributed by atoms with Crippen molar-refractivity contribution in [3.8, 4) is 0 Å². The van der Waals surface area contributed by atoms with E-state index in [1.165, 1.54) is 24.1 Å². The first-order chi connectivity index (χ1) is 15.8. The zero-order valence-electron chi connectivity index (χ0n) is 20.1. The first-order valence-corrected chi connectivity index (χ1v) is 12.8. The Hall–Kier alpha value is -2.35. The number of hydrogen-bond acceptors (Lipinski definition) is 5. The van der Waals surface area contributed by atoms with Crippen molar-refractivity contribution >= 4 is 39.4 Å². The molecule has 2 amide bonds. The fourth-order valence-corrected chi connectivity index (χ4v) is 5.70. The number of anilines is 3. The lowest BCUT2D eigenvalue weighted by molar-refractivity contribution is 0.243. The Morgan fingerprint density at radius 2 is 1.64 bits per heavy atom. The summed E-state index contributed by atoms with van der Waals surface area (Å²) in [6.45, 7) is 4.02. The number of carbonyl (C=O) groups is 1. The number of fused-ring (bicyclic) bond motifs is 1. The van der Waals surface area contributed by atoms with Crippen LogP contribution in [0.15, 0.2) is 16.6 Å². The van der Waals surface area contributed by atoms with Gasteiger partial charge in [-0.3, -0.25) is 0 Å². The topological polar surface area (TPSA) is 82.2 Å². The predicted molar refractivity (Wildman–Crippen MR) is 138 cm³/mol. The van der Waals surface area contributed by atoms with Gasteiger partial charge in [-0.2, -0.15) is 4.98 Å². The molecule has 2 aliphatic carbocycles. The SMILES string of the molecule is Cc1cc(Br)cc(C)c1NC(=O)NC1CCC(Nc2nc3c(c(N(C)C)n2)CCCC3)CC1. The van der Waals surface area contributed by atoms with Crippen LogP contribution in [-0.4, -0.2) is 42.2 Å². The van der Waals surface area contributed by atoms with Gasteiger partial charge < -0.3 is 20.9 Å². The quantitative estimate of drug-likeness (QED) is 0.501. The van der Waals surface area contributed by atoms with Crippen LogP contribution in [0.4, 0.5) is 22.2 Å². The van der Waals surface area contributed by atoms with E-state index in [1.54, 1.807) is 0 Å². The van der Waals surface area contributed by atoms with Crippen LogP contribution in [0.2, 0.25) is 0 Å². The minimum Gasteiger partial charge on any atom is -0.362 e. The third-order valence-electron chi connectivity index (χ3n) is 6.72. The van der Waals surface area contributed by atoms with E-state index in [2.05, 4.69) is 50.9 Å². The zero-order chi connectivity index (χ0) is 23.5. The number of amides is 2. The van der Waals surface area contributed by atoms with Gasteiger partial charge in [0.05, 0.1) is 5.69 Å². The van der Waals surface area contributed by atoms with Gasteiger partial charge in [-0.05, 0) is 88.5 Å². The van der Waals surface area contributed by atoms with Crippen LogP contribution in [-0.2, 0) is 12.8 Å². The maximum absolute atomic E-state index is 12.6. The molecule has 8 heteroatoms. The molecule has 0 bridgehead atoms. The molecule has 0 aliphatic heterocycles. The highest BCUT2D eigenvalue weighted by atomic mass is 79.9. The molecule has 0 spiro atoms. The molecule has 7 nitrogen and oxygen atoms in total. The van der Waals surface area contributed by atoms with Gasteiger partial charge in [-0.15, -0.1) is 0 Å². The zero-order valence-corrected chi connectivity index (χ0v) is 21.7. The van der Waals surface area contributed by atoms with Crippen LogP contribution >= 0.6 is 15.9 Å². The minimum atomic E-state index is -0.131.